The Labute approximate surface area is 157 Å². The topological polar surface area (TPSA) is 97.6 Å². The van der Waals surface area contributed by atoms with E-state index in [0.29, 0.717) is 11.5 Å². The quantitative estimate of drug-likeness (QED) is 0.666. The molecule has 146 valence electrons. The molecule has 1 heterocycles. The van der Waals surface area contributed by atoms with Gasteiger partial charge in [-0.3, -0.25) is 0 Å². The Morgan fingerprint density at radius 3 is 2.22 bits per heavy atom. The molecule has 0 saturated carbocycles. The van der Waals surface area contributed by atoms with Gasteiger partial charge in [-0.15, -0.1) is 0 Å². The molecule has 0 spiro atoms. The van der Waals surface area contributed by atoms with Crippen molar-refractivity contribution in [3.05, 3.63) is 60.2 Å². The van der Waals surface area contributed by atoms with E-state index in [0.717, 1.165) is 5.56 Å². The third-order valence-electron chi connectivity index (χ3n) is 4.42. The number of benzene rings is 2. The first-order valence-corrected chi connectivity index (χ1v) is 8.71. The smallest absolute Gasteiger partial charge is 0.229 e. The summed E-state index contributed by atoms with van der Waals surface area (Å²) in [6, 6.07) is 16.2. The van der Waals surface area contributed by atoms with Gasteiger partial charge in [0.25, 0.3) is 0 Å². The first-order chi connectivity index (χ1) is 13.1. The molecule has 1 fully saturated rings. The number of rotatable bonds is 7. The molecule has 27 heavy (non-hydrogen) atoms. The van der Waals surface area contributed by atoms with E-state index in [1.165, 1.54) is 0 Å². The highest BCUT2D eigenvalue weighted by molar-refractivity contribution is 5.31. The zero-order valence-electron chi connectivity index (χ0n) is 15.0. The fraction of sp³-hybridized carbons (Fsp3) is 0.400. The summed E-state index contributed by atoms with van der Waals surface area (Å²) in [5, 5.41) is 30.5. The SMILES string of the molecule is COc1ccc(O[C@H]2O[C@H](CO)[C@@H](O)[C@H](OCc3ccccc3)[C@@H]2O)cc1. The lowest BCUT2D eigenvalue weighted by molar-refractivity contribution is -0.287. The highest BCUT2D eigenvalue weighted by atomic mass is 16.7. The Hall–Kier alpha value is -2.16. The number of aliphatic hydroxyl groups excluding tert-OH is 3. The predicted molar refractivity (Wildman–Crippen MR) is 96.4 cm³/mol. The summed E-state index contributed by atoms with van der Waals surface area (Å²) in [4.78, 5) is 0. The van der Waals surface area contributed by atoms with E-state index in [-0.39, 0.29) is 6.61 Å². The summed E-state index contributed by atoms with van der Waals surface area (Å²) in [5.74, 6) is 1.12. The summed E-state index contributed by atoms with van der Waals surface area (Å²) in [5.41, 5.74) is 0.900. The zero-order valence-corrected chi connectivity index (χ0v) is 15.0. The molecule has 1 saturated heterocycles. The lowest BCUT2D eigenvalue weighted by atomic mass is 9.99. The van der Waals surface area contributed by atoms with Gasteiger partial charge in [0.15, 0.2) is 0 Å². The van der Waals surface area contributed by atoms with Gasteiger partial charge in [0, 0.05) is 0 Å². The van der Waals surface area contributed by atoms with Crippen LogP contribution in [0.5, 0.6) is 11.5 Å². The van der Waals surface area contributed by atoms with E-state index in [2.05, 4.69) is 0 Å². The van der Waals surface area contributed by atoms with E-state index in [4.69, 9.17) is 18.9 Å². The third-order valence-corrected chi connectivity index (χ3v) is 4.42. The molecule has 0 amide bonds. The molecule has 5 atom stereocenters. The maximum absolute atomic E-state index is 10.6. The Morgan fingerprint density at radius 2 is 1.59 bits per heavy atom. The van der Waals surface area contributed by atoms with E-state index in [1.807, 2.05) is 30.3 Å². The van der Waals surface area contributed by atoms with Gasteiger partial charge in [0.05, 0.1) is 20.3 Å². The summed E-state index contributed by atoms with van der Waals surface area (Å²) in [7, 11) is 1.56. The Morgan fingerprint density at radius 1 is 0.926 bits per heavy atom. The Kier molecular flexibility index (Phi) is 6.65. The molecule has 0 bridgehead atoms. The van der Waals surface area contributed by atoms with Crippen molar-refractivity contribution in [2.75, 3.05) is 13.7 Å². The van der Waals surface area contributed by atoms with Crippen molar-refractivity contribution in [1.29, 1.82) is 0 Å². The first-order valence-electron chi connectivity index (χ1n) is 8.71. The van der Waals surface area contributed by atoms with E-state index in [9.17, 15) is 15.3 Å². The van der Waals surface area contributed by atoms with Crippen LogP contribution in [-0.4, -0.2) is 59.7 Å². The van der Waals surface area contributed by atoms with Gasteiger partial charge in [-0.1, -0.05) is 30.3 Å². The van der Waals surface area contributed by atoms with E-state index < -0.39 is 37.3 Å². The normalized spacial score (nSPS) is 27.9. The molecule has 3 N–H and O–H groups in total. The van der Waals surface area contributed by atoms with Crippen molar-refractivity contribution >= 4 is 0 Å². The lowest BCUT2D eigenvalue weighted by Gasteiger charge is -2.41. The average Bonchev–Trinajstić information content (AvgIpc) is 2.71. The maximum Gasteiger partial charge on any atom is 0.229 e. The van der Waals surface area contributed by atoms with Crippen molar-refractivity contribution in [2.45, 2.75) is 37.3 Å². The van der Waals surface area contributed by atoms with Gasteiger partial charge in [-0.2, -0.15) is 0 Å². The number of aliphatic hydroxyl groups is 3. The van der Waals surface area contributed by atoms with Crippen molar-refractivity contribution in [3.63, 3.8) is 0 Å². The minimum Gasteiger partial charge on any atom is -0.497 e. The Balaban J connectivity index is 1.70. The second-order valence-corrected chi connectivity index (χ2v) is 6.26. The van der Waals surface area contributed by atoms with Crippen LogP contribution in [0.4, 0.5) is 0 Å². The highest BCUT2D eigenvalue weighted by Crippen LogP contribution is 2.27. The maximum atomic E-state index is 10.6. The van der Waals surface area contributed by atoms with Crippen LogP contribution in [0.3, 0.4) is 0 Å². The predicted octanol–water partition coefficient (Wildman–Crippen LogP) is 1.10. The number of methoxy groups -OCH3 is 1. The largest absolute Gasteiger partial charge is 0.497 e. The Bertz CT molecular complexity index is 691. The second-order valence-electron chi connectivity index (χ2n) is 6.26. The number of hydrogen-bond donors (Lipinski definition) is 3. The molecule has 1 aliphatic rings. The molecule has 2 aromatic rings. The summed E-state index contributed by atoms with van der Waals surface area (Å²) in [6.07, 6.45) is -5.44. The van der Waals surface area contributed by atoms with Gasteiger partial charge >= 0.3 is 0 Å². The van der Waals surface area contributed by atoms with Crippen molar-refractivity contribution in [1.82, 2.24) is 0 Å². The molecular weight excluding hydrogens is 352 g/mol. The lowest BCUT2D eigenvalue weighted by Crippen LogP contribution is -2.60. The molecule has 1 aliphatic heterocycles. The van der Waals surface area contributed by atoms with Gasteiger partial charge in [-0.05, 0) is 29.8 Å². The minimum absolute atomic E-state index is 0.201. The van der Waals surface area contributed by atoms with Gasteiger partial charge < -0.3 is 34.3 Å². The molecular formula is C20H24O7. The minimum atomic E-state index is -1.24. The molecule has 0 aromatic heterocycles. The highest BCUT2D eigenvalue weighted by Gasteiger charge is 2.46. The van der Waals surface area contributed by atoms with E-state index in [1.54, 1.807) is 31.4 Å². The van der Waals surface area contributed by atoms with E-state index >= 15 is 0 Å². The summed E-state index contributed by atoms with van der Waals surface area (Å²) >= 11 is 0. The van der Waals surface area contributed by atoms with Crippen LogP contribution >= 0.6 is 0 Å². The van der Waals surface area contributed by atoms with Gasteiger partial charge in [0.1, 0.15) is 35.9 Å². The van der Waals surface area contributed by atoms with Crippen LogP contribution < -0.4 is 9.47 Å². The third kappa shape index (κ3) is 4.77. The number of ether oxygens (including phenoxy) is 4. The van der Waals surface area contributed by atoms with Crippen LogP contribution in [0.15, 0.2) is 54.6 Å². The average molecular weight is 376 g/mol. The van der Waals surface area contributed by atoms with Crippen molar-refractivity contribution in [3.8, 4) is 11.5 Å². The van der Waals surface area contributed by atoms with Crippen LogP contribution in [0.25, 0.3) is 0 Å². The first kappa shape index (κ1) is 19.6. The summed E-state index contributed by atoms with van der Waals surface area (Å²) in [6.45, 7) is -0.228. The molecule has 0 radical (unpaired) electrons. The van der Waals surface area contributed by atoms with Crippen LogP contribution in [0.2, 0.25) is 0 Å². The molecule has 7 nitrogen and oxygen atoms in total. The van der Waals surface area contributed by atoms with Crippen LogP contribution in [0.1, 0.15) is 5.56 Å². The molecule has 0 unspecified atom stereocenters. The molecule has 0 aliphatic carbocycles. The second kappa shape index (κ2) is 9.16. The number of hydrogen-bond acceptors (Lipinski definition) is 7. The zero-order chi connectivity index (χ0) is 19.2. The van der Waals surface area contributed by atoms with Gasteiger partial charge in [0.2, 0.25) is 6.29 Å². The standard InChI is InChI=1S/C20H24O7/c1-24-14-7-9-15(10-8-14)26-20-18(23)19(17(22)16(11-21)27-20)25-12-13-5-3-2-4-6-13/h2-10,16-23H,11-12H2,1H3/t16-,17-,18+,19+,20+/m1/s1. The molecule has 7 heteroatoms. The van der Waals surface area contributed by atoms with Crippen LogP contribution in [-0.2, 0) is 16.1 Å². The van der Waals surface area contributed by atoms with Crippen molar-refractivity contribution in [2.24, 2.45) is 0 Å². The fourth-order valence-corrected chi connectivity index (χ4v) is 2.90. The summed E-state index contributed by atoms with van der Waals surface area (Å²) < 4.78 is 22.1. The van der Waals surface area contributed by atoms with Gasteiger partial charge in [-0.25, -0.2) is 0 Å². The molecule has 2 aromatic carbocycles. The van der Waals surface area contributed by atoms with Crippen molar-refractivity contribution < 1.29 is 34.3 Å². The monoisotopic (exact) mass is 376 g/mol. The fourth-order valence-electron chi connectivity index (χ4n) is 2.90. The van der Waals surface area contributed by atoms with Crippen LogP contribution in [0, 0.1) is 0 Å². The molecule has 3 rings (SSSR count).